The summed E-state index contributed by atoms with van der Waals surface area (Å²) in [6.45, 7) is 8.69. The highest BCUT2D eigenvalue weighted by Crippen LogP contribution is 2.53. The van der Waals surface area contributed by atoms with E-state index in [2.05, 4.69) is 57.5 Å². The zero-order chi connectivity index (χ0) is 15.0. The summed E-state index contributed by atoms with van der Waals surface area (Å²) in [7, 11) is -0.673. The Balaban J connectivity index is 2.48. The van der Waals surface area contributed by atoms with Crippen molar-refractivity contribution >= 4 is 10.0 Å². The molecule has 0 spiro atoms. The van der Waals surface area contributed by atoms with E-state index in [0.717, 1.165) is 31.3 Å². The fraction of sp³-hybridized carbons (Fsp3) is 0.667. The number of rotatable bonds is 9. The summed E-state index contributed by atoms with van der Waals surface area (Å²) >= 11 is 0. The van der Waals surface area contributed by atoms with Gasteiger partial charge in [-0.1, -0.05) is 45.4 Å². The lowest BCUT2D eigenvalue weighted by molar-refractivity contribution is 0.129. The molecule has 0 aliphatic rings. The van der Waals surface area contributed by atoms with Crippen LogP contribution in [0.15, 0.2) is 29.2 Å². The van der Waals surface area contributed by atoms with Crippen molar-refractivity contribution in [1.82, 2.24) is 0 Å². The number of unbranched alkanes of at least 4 members (excludes halogenated alkanes) is 1. The Morgan fingerprint density at radius 2 is 1.80 bits per heavy atom. The summed E-state index contributed by atoms with van der Waals surface area (Å²) in [4.78, 5) is 1.54. The molecular formula is C18H32OS. The maximum atomic E-state index is 5.64. The molecule has 1 aromatic rings. The third-order valence-corrected chi connectivity index (χ3v) is 7.91. The SMILES string of the molecule is CCCCOCCCc1cccc(S(C)(C)C(C)C)c1. The summed E-state index contributed by atoms with van der Waals surface area (Å²) in [5.41, 5.74) is 1.46. The van der Waals surface area contributed by atoms with Gasteiger partial charge in [-0.2, -0.15) is 0 Å². The van der Waals surface area contributed by atoms with E-state index < -0.39 is 10.0 Å². The van der Waals surface area contributed by atoms with Crippen LogP contribution in [0.1, 0.15) is 45.6 Å². The van der Waals surface area contributed by atoms with Gasteiger partial charge < -0.3 is 4.74 Å². The van der Waals surface area contributed by atoms with Gasteiger partial charge >= 0.3 is 0 Å². The topological polar surface area (TPSA) is 9.23 Å². The smallest absolute Gasteiger partial charge is 0.0469 e. The van der Waals surface area contributed by atoms with Crippen LogP contribution in [-0.4, -0.2) is 31.0 Å². The van der Waals surface area contributed by atoms with Crippen LogP contribution < -0.4 is 0 Å². The third kappa shape index (κ3) is 5.49. The highest BCUT2D eigenvalue weighted by Gasteiger charge is 2.18. The van der Waals surface area contributed by atoms with Crippen molar-refractivity contribution in [3.63, 3.8) is 0 Å². The van der Waals surface area contributed by atoms with Crippen LogP contribution in [-0.2, 0) is 11.2 Å². The molecular weight excluding hydrogens is 264 g/mol. The molecule has 1 aromatic carbocycles. The minimum Gasteiger partial charge on any atom is -0.381 e. The van der Waals surface area contributed by atoms with Crippen molar-refractivity contribution in [1.29, 1.82) is 0 Å². The van der Waals surface area contributed by atoms with Crippen LogP contribution in [0.5, 0.6) is 0 Å². The van der Waals surface area contributed by atoms with E-state index in [9.17, 15) is 0 Å². The second-order valence-electron chi connectivity index (χ2n) is 6.17. The van der Waals surface area contributed by atoms with E-state index in [1.807, 2.05) is 0 Å². The molecule has 116 valence electrons. The van der Waals surface area contributed by atoms with Gasteiger partial charge in [-0.25, -0.2) is 10.0 Å². The zero-order valence-electron chi connectivity index (χ0n) is 13.9. The summed E-state index contributed by atoms with van der Waals surface area (Å²) in [6.07, 6.45) is 9.50. The normalized spacial score (nSPS) is 12.9. The first kappa shape index (κ1) is 17.6. The standard InChI is InChI=1S/C18H32OS/c1-6-7-13-19-14-9-11-17-10-8-12-18(15-17)20(4,5)16(2)3/h8,10,12,15-16H,6-7,9,11,13-14H2,1-5H3. The first-order chi connectivity index (χ1) is 9.48. The number of aryl methyl sites for hydroxylation is 1. The summed E-state index contributed by atoms with van der Waals surface area (Å²) < 4.78 is 5.64. The van der Waals surface area contributed by atoms with Crippen LogP contribution in [0, 0.1) is 0 Å². The fourth-order valence-electron chi connectivity index (χ4n) is 2.03. The molecule has 0 saturated heterocycles. The Morgan fingerprint density at radius 1 is 1.10 bits per heavy atom. The summed E-state index contributed by atoms with van der Waals surface area (Å²) in [5, 5.41) is 0.732. The van der Waals surface area contributed by atoms with Gasteiger partial charge in [0.1, 0.15) is 0 Å². The minimum absolute atomic E-state index is 0.673. The van der Waals surface area contributed by atoms with Crippen LogP contribution >= 0.6 is 10.0 Å². The molecule has 2 heteroatoms. The minimum atomic E-state index is -0.673. The Hall–Kier alpha value is -0.470. The maximum Gasteiger partial charge on any atom is 0.0469 e. The van der Waals surface area contributed by atoms with Crippen LogP contribution in [0.4, 0.5) is 0 Å². The molecule has 0 aliphatic carbocycles. The van der Waals surface area contributed by atoms with Crippen LogP contribution in [0.25, 0.3) is 0 Å². The average Bonchev–Trinajstić information content (AvgIpc) is 2.43. The van der Waals surface area contributed by atoms with Gasteiger partial charge in [-0.15, -0.1) is 0 Å². The van der Waals surface area contributed by atoms with Crippen molar-refractivity contribution in [3.05, 3.63) is 29.8 Å². The van der Waals surface area contributed by atoms with E-state index in [1.54, 1.807) is 0 Å². The van der Waals surface area contributed by atoms with Crippen LogP contribution in [0.3, 0.4) is 0 Å². The number of hydrogen-bond acceptors (Lipinski definition) is 1. The van der Waals surface area contributed by atoms with Gasteiger partial charge in [-0.05, 0) is 53.5 Å². The molecule has 0 atom stereocenters. The largest absolute Gasteiger partial charge is 0.381 e. The molecule has 0 aromatic heterocycles. The highest BCUT2D eigenvalue weighted by molar-refractivity contribution is 8.33. The first-order valence-corrected chi connectivity index (χ1v) is 10.4. The van der Waals surface area contributed by atoms with Gasteiger partial charge in [0.15, 0.2) is 0 Å². The molecule has 0 fully saturated rings. The van der Waals surface area contributed by atoms with E-state index >= 15 is 0 Å². The average molecular weight is 297 g/mol. The Morgan fingerprint density at radius 3 is 2.45 bits per heavy atom. The quantitative estimate of drug-likeness (QED) is 0.564. The van der Waals surface area contributed by atoms with Crippen molar-refractivity contribution in [2.24, 2.45) is 0 Å². The molecule has 0 aliphatic heterocycles. The summed E-state index contributed by atoms with van der Waals surface area (Å²) in [6, 6.07) is 9.20. The van der Waals surface area contributed by atoms with E-state index in [4.69, 9.17) is 4.74 Å². The lowest BCUT2D eigenvalue weighted by atomic mass is 10.1. The molecule has 0 radical (unpaired) electrons. The third-order valence-electron chi connectivity index (χ3n) is 4.08. The maximum absolute atomic E-state index is 5.64. The predicted molar refractivity (Wildman–Crippen MR) is 93.3 cm³/mol. The van der Waals surface area contributed by atoms with Crippen molar-refractivity contribution in [3.8, 4) is 0 Å². The van der Waals surface area contributed by atoms with E-state index in [0.29, 0.717) is 0 Å². The van der Waals surface area contributed by atoms with Gasteiger partial charge in [0.25, 0.3) is 0 Å². The summed E-state index contributed by atoms with van der Waals surface area (Å²) in [5.74, 6) is 0. The molecule has 20 heavy (non-hydrogen) atoms. The number of benzene rings is 1. The highest BCUT2D eigenvalue weighted by atomic mass is 32.3. The molecule has 0 saturated carbocycles. The molecule has 0 N–H and O–H groups in total. The van der Waals surface area contributed by atoms with Gasteiger partial charge in [0, 0.05) is 13.2 Å². The second kappa shape index (κ2) is 8.74. The Labute approximate surface area is 127 Å². The van der Waals surface area contributed by atoms with E-state index in [1.165, 1.54) is 23.3 Å². The van der Waals surface area contributed by atoms with Gasteiger partial charge in [0.2, 0.25) is 0 Å². The predicted octanol–water partition coefficient (Wildman–Crippen LogP) is 5.27. The van der Waals surface area contributed by atoms with Gasteiger partial charge in [0.05, 0.1) is 0 Å². The lowest BCUT2D eigenvalue weighted by Gasteiger charge is -2.36. The zero-order valence-corrected chi connectivity index (χ0v) is 14.8. The molecule has 0 amide bonds. The molecule has 0 bridgehead atoms. The molecule has 1 rings (SSSR count). The number of hydrogen-bond donors (Lipinski definition) is 0. The Bertz CT molecular complexity index is 385. The lowest BCUT2D eigenvalue weighted by Crippen LogP contribution is -2.09. The van der Waals surface area contributed by atoms with Crippen molar-refractivity contribution < 1.29 is 4.74 Å². The fourth-order valence-corrected chi connectivity index (χ4v) is 3.46. The second-order valence-corrected chi connectivity index (χ2v) is 10.4. The van der Waals surface area contributed by atoms with E-state index in [-0.39, 0.29) is 0 Å². The number of ether oxygens (including phenoxy) is 1. The molecule has 1 nitrogen and oxygen atoms in total. The molecule has 0 heterocycles. The van der Waals surface area contributed by atoms with Crippen LogP contribution in [0.2, 0.25) is 0 Å². The van der Waals surface area contributed by atoms with Crippen molar-refractivity contribution in [2.75, 3.05) is 25.7 Å². The Kier molecular flexibility index (Phi) is 7.68. The monoisotopic (exact) mass is 296 g/mol. The van der Waals surface area contributed by atoms with Gasteiger partial charge in [-0.3, -0.25) is 0 Å². The van der Waals surface area contributed by atoms with Crippen molar-refractivity contribution in [2.45, 2.75) is 56.6 Å². The first-order valence-electron chi connectivity index (χ1n) is 7.87. The molecule has 0 unspecified atom stereocenters.